The average Bonchev–Trinajstić information content (AvgIpc) is 3.14. The van der Waals surface area contributed by atoms with E-state index in [0.29, 0.717) is 11.4 Å². The molecule has 0 spiro atoms. The molecule has 5 rings (SSSR count). The molecule has 2 atom stereocenters. The van der Waals surface area contributed by atoms with Crippen molar-refractivity contribution in [1.29, 1.82) is 0 Å². The Hall–Kier alpha value is -3.31. The molecular weight excluding hydrogens is 402 g/mol. The van der Waals surface area contributed by atoms with Gasteiger partial charge in [0.25, 0.3) is 0 Å². The Bertz CT molecular complexity index is 1050. The molecule has 0 radical (unpaired) electrons. The minimum absolute atomic E-state index is 0.0332. The van der Waals surface area contributed by atoms with E-state index in [1.54, 1.807) is 24.3 Å². The number of ether oxygens (including phenoxy) is 2. The normalized spacial score (nSPS) is 19.7. The number of aliphatic hydroxyl groups is 1. The van der Waals surface area contributed by atoms with Crippen molar-refractivity contribution in [3.05, 3.63) is 83.9 Å². The standard InChI is InChI=1S/C27H27NO4/c29-25-11-5-6-12-26(25)32-19-15-13-18(14-16-19)28-27(30)31-17-24-22-9-3-1-7-20(22)21-8-2-4-10-23(21)24/h1-4,7-10,13-16,24-26,29H,5-6,11-12,17H2,(H,28,30)/t25-,26-/m1/s1. The van der Waals surface area contributed by atoms with Gasteiger partial charge in [-0.25, -0.2) is 4.79 Å². The van der Waals surface area contributed by atoms with Crippen molar-refractivity contribution in [3.63, 3.8) is 0 Å². The lowest BCUT2D eigenvalue weighted by Gasteiger charge is -2.28. The van der Waals surface area contributed by atoms with Gasteiger partial charge in [-0.2, -0.15) is 0 Å². The van der Waals surface area contributed by atoms with Crippen molar-refractivity contribution >= 4 is 11.8 Å². The van der Waals surface area contributed by atoms with Crippen LogP contribution < -0.4 is 10.1 Å². The number of hydrogen-bond donors (Lipinski definition) is 2. The molecule has 0 aromatic heterocycles. The maximum Gasteiger partial charge on any atom is 0.411 e. The molecular formula is C27H27NO4. The molecule has 0 bridgehead atoms. The van der Waals surface area contributed by atoms with Crippen LogP contribution in [0.15, 0.2) is 72.8 Å². The molecule has 164 valence electrons. The van der Waals surface area contributed by atoms with Crippen LogP contribution in [0.3, 0.4) is 0 Å². The maximum atomic E-state index is 12.4. The molecule has 1 saturated carbocycles. The minimum atomic E-state index is -0.483. The third-order valence-corrected chi connectivity index (χ3v) is 6.40. The molecule has 0 aliphatic heterocycles. The summed E-state index contributed by atoms with van der Waals surface area (Å²) >= 11 is 0. The van der Waals surface area contributed by atoms with E-state index in [4.69, 9.17) is 9.47 Å². The number of fused-ring (bicyclic) bond motifs is 3. The zero-order valence-corrected chi connectivity index (χ0v) is 17.9. The van der Waals surface area contributed by atoms with Crippen molar-refractivity contribution in [1.82, 2.24) is 0 Å². The van der Waals surface area contributed by atoms with Crippen LogP contribution >= 0.6 is 0 Å². The second kappa shape index (κ2) is 9.05. The summed E-state index contributed by atoms with van der Waals surface area (Å²) in [6.45, 7) is 0.278. The van der Waals surface area contributed by atoms with Gasteiger partial charge in [0, 0.05) is 11.6 Å². The topological polar surface area (TPSA) is 67.8 Å². The zero-order valence-electron chi connectivity index (χ0n) is 17.9. The van der Waals surface area contributed by atoms with Crippen LogP contribution in [-0.4, -0.2) is 30.0 Å². The molecule has 32 heavy (non-hydrogen) atoms. The summed E-state index contributed by atoms with van der Waals surface area (Å²) in [5, 5.41) is 12.9. The van der Waals surface area contributed by atoms with Gasteiger partial charge in [0.2, 0.25) is 0 Å². The number of hydrogen-bond acceptors (Lipinski definition) is 4. The van der Waals surface area contributed by atoms with E-state index in [1.165, 1.54) is 22.3 Å². The van der Waals surface area contributed by atoms with Gasteiger partial charge in [-0.1, -0.05) is 55.0 Å². The van der Waals surface area contributed by atoms with E-state index >= 15 is 0 Å². The largest absolute Gasteiger partial charge is 0.488 e. The highest BCUT2D eigenvalue weighted by molar-refractivity contribution is 5.85. The highest BCUT2D eigenvalue weighted by Gasteiger charge is 2.29. The quantitative estimate of drug-likeness (QED) is 0.544. The van der Waals surface area contributed by atoms with Gasteiger partial charge in [-0.05, 0) is 65.8 Å². The number of rotatable bonds is 5. The Balaban J connectivity index is 1.19. The summed E-state index contributed by atoms with van der Waals surface area (Å²) in [4.78, 5) is 12.4. The van der Waals surface area contributed by atoms with Crippen LogP contribution in [0.2, 0.25) is 0 Å². The monoisotopic (exact) mass is 429 g/mol. The summed E-state index contributed by atoms with van der Waals surface area (Å²) < 4.78 is 11.5. The van der Waals surface area contributed by atoms with E-state index < -0.39 is 12.2 Å². The van der Waals surface area contributed by atoms with Crippen LogP contribution in [0.5, 0.6) is 5.75 Å². The molecule has 1 fully saturated rings. The van der Waals surface area contributed by atoms with Gasteiger partial charge in [0.15, 0.2) is 0 Å². The SMILES string of the molecule is O=C(Nc1ccc(O[C@@H]2CCCC[C@H]2O)cc1)OCC1c2ccccc2-c2ccccc21. The van der Waals surface area contributed by atoms with Crippen LogP contribution in [0.4, 0.5) is 10.5 Å². The molecule has 0 saturated heterocycles. The van der Waals surface area contributed by atoms with Gasteiger partial charge >= 0.3 is 6.09 Å². The molecule has 1 amide bonds. The van der Waals surface area contributed by atoms with Crippen LogP contribution in [-0.2, 0) is 4.74 Å². The lowest BCUT2D eigenvalue weighted by molar-refractivity contribution is 0.00688. The number of carbonyl (C=O) groups is 1. The summed E-state index contributed by atoms with van der Waals surface area (Å²) in [6, 6.07) is 23.7. The molecule has 2 aliphatic carbocycles. The first-order chi connectivity index (χ1) is 15.7. The summed E-state index contributed by atoms with van der Waals surface area (Å²) in [7, 11) is 0. The van der Waals surface area contributed by atoms with Crippen molar-refractivity contribution in [3.8, 4) is 16.9 Å². The van der Waals surface area contributed by atoms with Crippen molar-refractivity contribution < 1.29 is 19.4 Å². The molecule has 2 aliphatic rings. The van der Waals surface area contributed by atoms with Gasteiger partial charge in [0.05, 0.1) is 6.10 Å². The summed E-state index contributed by atoms with van der Waals surface area (Å²) in [6.07, 6.45) is 2.70. The highest BCUT2D eigenvalue weighted by Crippen LogP contribution is 2.44. The predicted octanol–water partition coefficient (Wildman–Crippen LogP) is 5.73. The third-order valence-electron chi connectivity index (χ3n) is 6.40. The summed E-state index contributed by atoms with van der Waals surface area (Å²) in [5.41, 5.74) is 5.42. The second-order valence-corrected chi connectivity index (χ2v) is 8.48. The van der Waals surface area contributed by atoms with E-state index in [1.807, 2.05) is 24.3 Å². The number of nitrogens with one attached hydrogen (secondary N) is 1. The lowest BCUT2D eigenvalue weighted by atomic mass is 9.95. The number of aliphatic hydroxyl groups excluding tert-OH is 1. The molecule has 5 heteroatoms. The van der Waals surface area contributed by atoms with E-state index in [9.17, 15) is 9.90 Å². The Morgan fingerprint density at radius 1 is 0.875 bits per heavy atom. The predicted molar refractivity (Wildman–Crippen MR) is 124 cm³/mol. The molecule has 3 aromatic rings. The number of benzene rings is 3. The highest BCUT2D eigenvalue weighted by atomic mass is 16.5. The Morgan fingerprint density at radius 3 is 2.16 bits per heavy atom. The van der Waals surface area contributed by atoms with Crippen LogP contribution in [0.25, 0.3) is 11.1 Å². The number of carbonyl (C=O) groups excluding carboxylic acids is 1. The van der Waals surface area contributed by atoms with Crippen molar-refractivity contribution in [2.75, 3.05) is 11.9 Å². The lowest BCUT2D eigenvalue weighted by Crippen LogP contribution is -2.34. The zero-order chi connectivity index (χ0) is 21.9. The molecule has 3 aromatic carbocycles. The maximum absolute atomic E-state index is 12.4. The van der Waals surface area contributed by atoms with Crippen molar-refractivity contribution in [2.24, 2.45) is 0 Å². The molecule has 0 unspecified atom stereocenters. The van der Waals surface area contributed by atoms with Gasteiger partial charge < -0.3 is 14.6 Å². The number of amides is 1. The van der Waals surface area contributed by atoms with Gasteiger partial charge in [-0.15, -0.1) is 0 Å². The van der Waals surface area contributed by atoms with E-state index in [0.717, 1.165) is 25.7 Å². The molecule has 5 nitrogen and oxygen atoms in total. The minimum Gasteiger partial charge on any atom is -0.488 e. The first kappa shape index (κ1) is 20.6. The van der Waals surface area contributed by atoms with Crippen LogP contribution in [0.1, 0.15) is 42.7 Å². The first-order valence-corrected chi connectivity index (χ1v) is 11.3. The average molecular weight is 430 g/mol. The second-order valence-electron chi connectivity index (χ2n) is 8.48. The van der Waals surface area contributed by atoms with Crippen molar-refractivity contribution in [2.45, 2.75) is 43.8 Å². The number of anilines is 1. The smallest absolute Gasteiger partial charge is 0.411 e. The molecule has 0 heterocycles. The van der Waals surface area contributed by atoms with E-state index in [-0.39, 0.29) is 18.6 Å². The van der Waals surface area contributed by atoms with Gasteiger partial charge in [0.1, 0.15) is 18.5 Å². The fraction of sp³-hybridized carbons (Fsp3) is 0.296. The van der Waals surface area contributed by atoms with E-state index in [2.05, 4.69) is 29.6 Å². The fourth-order valence-corrected chi connectivity index (χ4v) is 4.76. The Kier molecular flexibility index (Phi) is 5.82. The fourth-order valence-electron chi connectivity index (χ4n) is 4.76. The Labute approximate surface area is 188 Å². The van der Waals surface area contributed by atoms with Gasteiger partial charge in [-0.3, -0.25) is 5.32 Å². The first-order valence-electron chi connectivity index (χ1n) is 11.3. The third kappa shape index (κ3) is 4.21. The molecule has 2 N–H and O–H groups in total. The summed E-state index contributed by atoms with van der Waals surface area (Å²) in [5.74, 6) is 0.722. The Morgan fingerprint density at radius 2 is 1.50 bits per heavy atom. The van der Waals surface area contributed by atoms with Crippen LogP contribution in [0, 0.1) is 0 Å².